The molecule has 4 N–H and O–H groups in total. The first-order valence-electron chi connectivity index (χ1n) is 11.8. The number of carbonyl (C=O) groups excluding carboxylic acids is 1. The Bertz CT molecular complexity index is 1080. The second kappa shape index (κ2) is 12.4. The van der Waals surface area contributed by atoms with Crippen LogP contribution in [0.15, 0.2) is 47.6 Å². The van der Waals surface area contributed by atoms with Crippen LogP contribution in [0.2, 0.25) is 0 Å². The zero-order chi connectivity index (χ0) is 25.4. The summed E-state index contributed by atoms with van der Waals surface area (Å²) in [6.07, 6.45) is 3.21. The summed E-state index contributed by atoms with van der Waals surface area (Å²) < 4.78 is 11.0. The van der Waals surface area contributed by atoms with Crippen LogP contribution >= 0.6 is 0 Å². The number of carbonyl (C=O) groups is 1. The van der Waals surface area contributed by atoms with Gasteiger partial charge < -0.3 is 30.7 Å². The minimum absolute atomic E-state index is 0.112. The second-order valence-corrected chi connectivity index (χ2v) is 8.73. The fourth-order valence-corrected chi connectivity index (χ4v) is 4.00. The van der Waals surface area contributed by atoms with Gasteiger partial charge in [0, 0.05) is 62.5 Å². The number of hydrogen-bond acceptors (Lipinski definition) is 7. The van der Waals surface area contributed by atoms with Crippen LogP contribution in [0, 0.1) is 6.92 Å². The summed E-state index contributed by atoms with van der Waals surface area (Å²) in [4.78, 5) is 19.6. The highest BCUT2D eigenvalue weighted by molar-refractivity contribution is 6.09. The smallest absolute Gasteiger partial charge is 0.252 e. The molecular formula is C27H37N5O3. The van der Waals surface area contributed by atoms with Crippen LogP contribution < -0.4 is 26.0 Å². The molecule has 8 nitrogen and oxygen atoms in total. The van der Waals surface area contributed by atoms with Crippen molar-refractivity contribution in [2.24, 2.45) is 10.7 Å². The number of rotatable bonds is 11. The fraction of sp³-hybridized carbons (Fsp3) is 0.407. The Hall–Kier alpha value is -3.36. The number of ether oxygens (including phenoxy) is 2. The molecule has 0 bridgehead atoms. The van der Waals surface area contributed by atoms with Gasteiger partial charge in [0.15, 0.2) is 0 Å². The van der Waals surface area contributed by atoms with E-state index in [1.165, 1.54) is 6.20 Å². The zero-order valence-corrected chi connectivity index (χ0v) is 21.3. The molecular weight excluding hydrogens is 442 g/mol. The van der Waals surface area contributed by atoms with Crippen LogP contribution in [0.3, 0.4) is 0 Å². The maximum atomic E-state index is 13.3. The minimum atomic E-state index is -0.259. The van der Waals surface area contributed by atoms with Crippen molar-refractivity contribution in [1.29, 1.82) is 0 Å². The molecule has 0 aliphatic carbocycles. The third-order valence-electron chi connectivity index (χ3n) is 6.23. The first-order valence-corrected chi connectivity index (χ1v) is 11.8. The summed E-state index contributed by atoms with van der Waals surface area (Å²) in [7, 11) is 5.30. The highest BCUT2D eigenvalue weighted by Gasteiger charge is 2.26. The van der Waals surface area contributed by atoms with Gasteiger partial charge >= 0.3 is 0 Å². The predicted molar refractivity (Wildman–Crippen MR) is 143 cm³/mol. The Morgan fingerprint density at radius 1 is 1.26 bits per heavy atom. The lowest BCUT2D eigenvalue weighted by atomic mass is 9.99. The molecule has 0 radical (unpaired) electrons. The first-order chi connectivity index (χ1) is 16.9. The van der Waals surface area contributed by atoms with Crippen LogP contribution in [-0.4, -0.2) is 65.7 Å². The number of likely N-dealkylation sites (N-methyl/N-ethyl adjacent to an activating group) is 1. The topological polar surface area (TPSA) is 101 Å². The molecule has 1 amide bonds. The van der Waals surface area contributed by atoms with Crippen molar-refractivity contribution in [2.45, 2.75) is 25.9 Å². The summed E-state index contributed by atoms with van der Waals surface area (Å²) in [6, 6.07) is 12.1. The summed E-state index contributed by atoms with van der Waals surface area (Å²) in [5.41, 5.74) is 11.1. The van der Waals surface area contributed by atoms with Gasteiger partial charge in [0.05, 0.1) is 12.6 Å². The lowest BCUT2D eigenvalue weighted by Gasteiger charge is -2.41. The maximum absolute atomic E-state index is 13.3. The molecule has 1 fully saturated rings. The number of amides is 1. The molecule has 8 heteroatoms. The molecule has 188 valence electrons. The van der Waals surface area contributed by atoms with E-state index in [0.29, 0.717) is 30.6 Å². The van der Waals surface area contributed by atoms with E-state index >= 15 is 0 Å². The number of aryl methyl sites for hydroxylation is 1. The monoisotopic (exact) mass is 479 g/mol. The van der Waals surface area contributed by atoms with E-state index in [1.807, 2.05) is 51.2 Å². The molecule has 0 saturated carbocycles. The summed E-state index contributed by atoms with van der Waals surface area (Å²) in [6.45, 7) is 6.69. The Morgan fingerprint density at radius 3 is 2.69 bits per heavy atom. The van der Waals surface area contributed by atoms with E-state index in [9.17, 15) is 4.79 Å². The first kappa shape index (κ1) is 26.2. The molecule has 1 aliphatic rings. The average Bonchev–Trinajstić information content (AvgIpc) is 2.82. The minimum Gasteiger partial charge on any atom is -0.491 e. The van der Waals surface area contributed by atoms with Crippen molar-refractivity contribution in [2.75, 3.05) is 52.4 Å². The quantitative estimate of drug-likeness (QED) is 0.338. The molecule has 0 aromatic heterocycles. The van der Waals surface area contributed by atoms with Gasteiger partial charge in [-0.1, -0.05) is 6.07 Å². The fourth-order valence-electron chi connectivity index (χ4n) is 4.00. The van der Waals surface area contributed by atoms with Crippen LogP contribution in [-0.2, 0) is 4.74 Å². The average molecular weight is 480 g/mol. The van der Waals surface area contributed by atoms with Gasteiger partial charge in [0.1, 0.15) is 12.4 Å². The van der Waals surface area contributed by atoms with Crippen molar-refractivity contribution < 1.29 is 14.3 Å². The number of nitrogens with zero attached hydrogens (tertiary/aromatic N) is 2. The van der Waals surface area contributed by atoms with Crippen LogP contribution in [0.25, 0.3) is 5.57 Å². The van der Waals surface area contributed by atoms with E-state index in [0.717, 1.165) is 41.0 Å². The number of nitrogens with one attached hydrogen (secondary N) is 2. The van der Waals surface area contributed by atoms with Gasteiger partial charge in [-0.3, -0.25) is 9.79 Å². The number of nitrogens with two attached hydrogens (primary N) is 1. The van der Waals surface area contributed by atoms with E-state index in [2.05, 4.69) is 26.6 Å². The standard InChI is InChI=1S/C27H37N5O3/c1-18-6-7-24(32-16-23(17-32)30-4)13-26(18)27(33)31-19(2)20-10-21(22(14-28)15-29-3)12-25(11-20)35-9-8-34-5/h6-7,10-15,19,23,30H,8-9,16-17,28H2,1-5H3,(H,31,33)/t19-/m1/s1. The van der Waals surface area contributed by atoms with E-state index in [-0.39, 0.29) is 11.9 Å². The van der Waals surface area contributed by atoms with Gasteiger partial charge in [0.2, 0.25) is 0 Å². The van der Waals surface area contributed by atoms with Gasteiger partial charge in [-0.05, 0) is 67.9 Å². The van der Waals surface area contributed by atoms with E-state index < -0.39 is 0 Å². The largest absolute Gasteiger partial charge is 0.491 e. The molecule has 1 heterocycles. The summed E-state index contributed by atoms with van der Waals surface area (Å²) in [5, 5.41) is 6.43. The molecule has 0 spiro atoms. The number of aliphatic imine (C=N–C) groups is 1. The molecule has 2 aromatic carbocycles. The van der Waals surface area contributed by atoms with Crippen molar-refractivity contribution in [3.8, 4) is 5.75 Å². The van der Waals surface area contributed by atoms with Crippen LogP contribution in [0.1, 0.15) is 40.0 Å². The van der Waals surface area contributed by atoms with Gasteiger partial charge in [-0.15, -0.1) is 0 Å². The molecule has 0 unspecified atom stereocenters. The molecule has 2 aromatic rings. The lowest BCUT2D eigenvalue weighted by molar-refractivity contribution is 0.0939. The van der Waals surface area contributed by atoms with Gasteiger partial charge in [-0.2, -0.15) is 0 Å². The summed E-state index contributed by atoms with van der Waals surface area (Å²) >= 11 is 0. The Balaban J connectivity index is 1.82. The molecule has 35 heavy (non-hydrogen) atoms. The molecule has 1 atom stereocenters. The normalized spacial score (nSPS) is 15.2. The van der Waals surface area contributed by atoms with E-state index in [4.69, 9.17) is 15.2 Å². The Labute approximate surface area is 208 Å². The van der Waals surface area contributed by atoms with E-state index in [1.54, 1.807) is 20.4 Å². The molecule has 1 saturated heterocycles. The summed E-state index contributed by atoms with van der Waals surface area (Å²) in [5.74, 6) is 0.564. The van der Waals surface area contributed by atoms with Crippen molar-refractivity contribution in [1.82, 2.24) is 10.6 Å². The lowest BCUT2D eigenvalue weighted by Crippen LogP contribution is -2.57. The zero-order valence-electron chi connectivity index (χ0n) is 21.3. The Morgan fingerprint density at radius 2 is 2.03 bits per heavy atom. The highest BCUT2D eigenvalue weighted by Crippen LogP contribution is 2.27. The van der Waals surface area contributed by atoms with Crippen LogP contribution in [0.5, 0.6) is 5.75 Å². The molecule has 3 rings (SSSR count). The number of allylic oxidation sites excluding steroid dienone is 1. The maximum Gasteiger partial charge on any atom is 0.252 e. The highest BCUT2D eigenvalue weighted by atomic mass is 16.5. The number of anilines is 1. The second-order valence-electron chi connectivity index (χ2n) is 8.73. The number of hydrogen-bond donors (Lipinski definition) is 3. The number of benzene rings is 2. The third-order valence-corrected chi connectivity index (χ3v) is 6.23. The number of methoxy groups -OCH3 is 1. The molecule has 1 aliphatic heterocycles. The van der Waals surface area contributed by atoms with Crippen molar-refractivity contribution >= 4 is 23.4 Å². The van der Waals surface area contributed by atoms with Gasteiger partial charge in [-0.25, -0.2) is 0 Å². The SMILES string of the molecule is CN=CC(=CN)c1cc(OCCOC)cc([C@@H](C)NC(=O)c2cc(N3CC(NC)C3)ccc2C)c1. The third kappa shape index (κ3) is 6.61. The van der Waals surface area contributed by atoms with Gasteiger partial charge in [0.25, 0.3) is 5.91 Å². The predicted octanol–water partition coefficient (Wildman–Crippen LogP) is 2.92. The Kier molecular flexibility index (Phi) is 9.28. The van der Waals surface area contributed by atoms with Crippen molar-refractivity contribution in [3.63, 3.8) is 0 Å². The van der Waals surface area contributed by atoms with Crippen LogP contribution in [0.4, 0.5) is 5.69 Å². The van der Waals surface area contributed by atoms with Crippen molar-refractivity contribution in [3.05, 3.63) is 64.9 Å².